The number of benzene rings is 1. The van der Waals surface area contributed by atoms with Gasteiger partial charge in [-0.25, -0.2) is 13.8 Å². The van der Waals surface area contributed by atoms with Crippen LogP contribution in [0.1, 0.15) is 42.6 Å². The highest BCUT2D eigenvalue weighted by atomic mass is 19.1. The number of aromatic nitrogens is 1. The summed E-state index contributed by atoms with van der Waals surface area (Å²) in [5.74, 6) is -2.31. The molecule has 0 bridgehead atoms. The van der Waals surface area contributed by atoms with Crippen LogP contribution in [0.4, 0.5) is 20.2 Å². The van der Waals surface area contributed by atoms with Crippen molar-refractivity contribution in [2.24, 2.45) is 0 Å². The topological polar surface area (TPSA) is 54.0 Å². The van der Waals surface area contributed by atoms with Gasteiger partial charge in [-0.05, 0) is 56.4 Å². The standard InChI is InChI=1S/C20H21F2N3O/c21-16-7-4-8-17(22)19(16)25-20(26)18-10-9-15(13-24-18)23-12-11-14-5-2-1-3-6-14/h4-5,7-10,13,23H,1-3,6,11-12H2,(H,25,26). The molecule has 0 saturated carbocycles. The van der Waals surface area contributed by atoms with E-state index in [2.05, 4.69) is 21.7 Å². The van der Waals surface area contributed by atoms with Crippen LogP contribution in [0, 0.1) is 11.6 Å². The van der Waals surface area contributed by atoms with E-state index in [1.54, 1.807) is 12.3 Å². The average molecular weight is 357 g/mol. The predicted octanol–water partition coefficient (Wildman–Crippen LogP) is 4.91. The molecule has 4 nitrogen and oxygen atoms in total. The first-order valence-electron chi connectivity index (χ1n) is 8.76. The minimum absolute atomic E-state index is 0.0909. The second-order valence-electron chi connectivity index (χ2n) is 6.27. The molecule has 6 heteroatoms. The quantitative estimate of drug-likeness (QED) is 0.722. The van der Waals surface area contributed by atoms with Crippen molar-refractivity contribution in [2.75, 3.05) is 17.2 Å². The van der Waals surface area contributed by atoms with Gasteiger partial charge in [-0.15, -0.1) is 0 Å². The molecule has 0 radical (unpaired) electrons. The van der Waals surface area contributed by atoms with Crippen LogP contribution in [0.5, 0.6) is 0 Å². The van der Waals surface area contributed by atoms with E-state index in [0.29, 0.717) is 0 Å². The van der Waals surface area contributed by atoms with E-state index in [4.69, 9.17) is 0 Å². The Morgan fingerprint density at radius 2 is 1.92 bits per heavy atom. The van der Waals surface area contributed by atoms with Crippen molar-refractivity contribution in [1.29, 1.82) is 0 Å². The number of anilines is 2. The highest BCUT2D eigenvalue weighted by Crippen LogP contribution is 2.21. The molecule has 1 heterocycles. The van der Waals surface area contributed by atoms with Crippen molar-refractivity contribution in [2.45, 2.75) is 32.1 Å². The van der Waals surface area contributed by atoms with Gasteiger partial charge in [0.05, 0.1) is 11.9 Å². The molecule has 0 saturated heterocycles. The van der Waals surface area contributed by atoms with Crippen molar-refractivity contribution in [3.63, 3.8) is 0 Å². The van der Waals surface area contributed by atoms with Gasteiger partial charge < -0.3 is 10.6 Å². The average Bonchev–Trinajstić information content (AvgIpc) is 2.66. The number of halogens is 2. The normalized spacial score (nSPS) is 13.8. The van der Waals surface area contributed by atoms with Crippen molar-refractivity contribution >= 4 is 17.3 Å². The first-order valence-corrected chi connectivity index (χ1v) is 8.76. The van der Waals surface area contributed by atoms with E-state index in [1.165, 1.54) is 43.4 Å². The number of carbonyl (C=O) groups is 1. The maximum atomic E-state index is 13.6. The lowest BCUT2D eigenvalue weighted by Gasteiger charge is -2.13. The maximum Gasteiger partial charge on any atom is 0.274 e. The van der Waals surface area contributed by atoms with Gasteiger partial charge in [0, 0.05) is 6.54 Å². The summed E-state index contributed by atoms with van der Waals surface area (Å²) in [5, 5.41) is 5.49. The van der Waals surface area contributed by atoms with Gasteiger partial charge in [0.15, 0.2) is 0 Å². The summed E-state index contributed by atoms with van der Waals surface area (Å²) >= 11 is 0. The summed E-state index contributed by atoms with van der Waals surface area (Å²) < 4.78 is 27.2. The highest BCUT2D eigenvalue weighted by Gasteiger charge is 2.14. The van der Waals surface area contributed by atoms with Gasteiger partial charge in [0.1, 0.15) is 23.0 Å². The Morgan fingerprint density at radius 1 is 1.12 bits per heavy atom. The smallest absolute Gasteiger partial charge is 0.274 e. The second-order valence-corrected chi connectivity index (χ2v) is 6.27. The summed E-state index contributed by atoms with van der Waals surface area (Å²) in [6, 6.07) is 6.66. The van der Waals surface area contributed by atoms with Crippen LogP contribution >= 0.6 is 0 Å². The monoisotopic (exact) mass is 357 g/mol. The number of pyridine rings is 1. The zero-order valence-corrected chi connectivity index (χ0v) is 14.4. The lowest BCUT2D eigenvalue weighted by molar-refractivity contribution is 0.102. The lowest BCUT2D eigenvalue weighted by Crippen LogP contribution is -2.16. The van der Waals surface area contributed by atoms with Crippen molar-refractivity contribution in [3.05, 3.63) is 65.5 Å². The fourth-order valence-electron chi connectivity index (χ4n) is 2.93. The highest BCUT2D eigenvalue weighted by molar-refractivity contribution is 6.03. The Kier molecular flexibility index (Phi) is 5.94. The zero-order valence-electron chi connectivity index (χ0n) is 14.4. The number of hydrogen-bond acceptors (Lipinski definition) is 3. The number of rotatable bonds is 6. The first kappa shape index (κ1) is 18.0. The largest absolute Gasteiger partial charge is 0.383 e. The molecule has 0 spiro atoms. The zero-order chi connectivity index (χ0) is 18.4. The van der Waals surface area contributed by atoms with Crippen LogP contribution in [0.15, 0.2) is 48.2 Å². The molecule has 1 aromatic carbocycles. The first-order chi connectivity index (χ1) is 12.6. The fraction of sp³-hybridized carbons (Fsp3) is 0.300. The maximum absolute atomic E-state index is 13.6. The number of carbonyl (C=O) groups excluding carboxylic acids is 1. The van der Waals surface area contributed by atoms with E-state index in [9.17, 15) is 13.6 Å². The van der Waals surface area contributed by atoms with E-state index < -0.39 is 23.2 Å². The van der Waals surface area contributed by atoms with Crippen LogP contribution in [0.25, 0.3) is 0 Å². The summed E-state index contributed by atoms with van der Waals surface area (Å²) in [7, 11) is 0. The summed E-state index contributed by atoms with van der Waals surface area (Å²) in [6.45, 7) is 0.805. The van der Waals surface area contributed by atoms with E-state index in [0.717, 1.165) is 30.8 Å². The fourth-order valence-corrected chi connectivity index (χ4v) is 2.93. The Balaban J connectivity index is 1.55. The molecule has 0 aliphatic heterocycles. The number of allylic oxidation sites excluding steroid dienone is 1. The van der Waals surface area contributed by atoms with E-state index in [1.807, 2.05) is 0 Å². The molecule has 26 heavy (non-hydrogen) atoms. The Morgan fingerprint density at radius 3 is 2.58 bits per heavy atom. The molecule has 1 aliphatic rings. The molecule has 0 fully saturated rings. The summed E-state index contributed by atoms with van der Waals surface area (Å²) in [6.07, 6.45) is 9.74. The molecular formula is C20H21F2N3O. The van der Waals surface area contributed by atoms with Gasteiger partial charge in [-0.1, -0.05) is 17.7 Å². The minimum Gasteiger partial charge on any atom is -0.383 e. The third-order valence-corrected chi connectivity index (χ3v) is 4.36. The second kappa shape index (κ2) is 8.56. The van der Waals surface area contributed by atoms with E-state index in [-0.39, 0.29) is 5.69 Å². The van der Waals surface area contributed by atoms with Crippen molar-refractivity contribution in [1.82, 2.24) is 4.98 Å². The van der Waals surface area contributed by atoms with Gasteiger partial charge >= 0.3 is 0 Å². The number of nitrogens with zero attached hydrogens (tertiary/aromatic N) is 1. The summed E-state index contributed by atoms with van der Waals surface area (Å²) in [5.41, 5.74) is 1.91. The molecule has 136 valence electrons. The van der Waals surface area contributed by atoms with Crippen LogP contribution in [0.3, 0.4) is 0 Å². The Hall–Kier alpha value is -2.76. The third-order valence-electron chi connectivity index (χ3n) is 4.36. The molecular weight excluding hydrogens is 336 g/mol. The molecule has 1 amide bonds. The van der Waals surface area contributed by atoms with Gasteiger partial charge in [0.2, 0.25) is 0 Å². The van der Waals surface area contributed by atoms with Crippen LogP contribution in [0.2, 0.25) is 0 Å². The molecule has 2 N–H and O–H groups in total. The molecule has 0 unspecified atom stereocenters. The Labute approximate surface area is 151 Å². The molecule has 0 atom stereocenters. The van der Waals surface area contributed by atoms with Crippen LogP contribution in [-0.2, 0) is 0 Å². The number of amides is 1. The molecule has 1 aliphatic carbocycles. The molecule has 2 aromatic rings. The van der Waals surface area contributed by atoms with Crippen LogP contribution in [-0.4, -0.2) is 17.4 Å². The predicted molar refractivity (Wildman–Crippen MR) is 98.2 cm³/mol. The number of hydrogen-bond donors (Lipinski definition) is 2. The van der Waals surface area contributed by atoms with Gasteiger partial charge in [-0.3, -0.25) is 4.79 Å². The van der Waals surface area contributed by atoms with E-state index >= 15 is 0 Å². The van der Waals surface area contributed by atoms with Crippen molar-refractivity contribution in [3.8, 4) is 0 Å². The van der Waals surface area contributed by atoms with Crippen molar-refractivity contribution < 1.29 is 13.6 Å². The summed E-state index contributed by atoms with van der Waals surface area (Å²) in [4.78, 5) is 16.2. The lowest BCUT2D eigenvalue weighted by atomic mass is 9.97. The molecule has 3 rings (SSSR count). The third kappa shape index (κ3) is 4.65. The molecule has 1 aromatic heterocycles. The Bertz CT molecular complexity index is 783. The van der Waals surface area contributed by atoms with Gasteiger partial charge in [-0.2, -0.15) is 0 Å². The number of para-hydroxylation sites is 1. The van der Waals surface area contributed by atoms with Gasteiger partial charge in [0.25, 0.3) is 5.91 Å². The SMILES string of the molecule is O=C(Nc1c(F)cccc1F)c1ccc(NCCC2=CCCCC2)cn1. The minimum atomic E-state index is -0.825. The number of nitrogens with one attached hydrogen (secondary N) is 2. The van der Waals surface area contributed by atoms with Crippen LogP contribution < -0.4 is 10.6 Å².